The lowest BCUT2D eigenvalue weighted by molar-refractivity contribution is -0.404. The van der Waals surface area contributed by atoms with Gasteiger partial charge in [0.1, 0.15) is 195 Å². The van der Waals surface area contributed by atoms with Gasteiger partial charge in [-0.25, -0.2) is 0 Å². The van der Waals surface area contributed by atoms with Crippen LogP contribution in [0.3, 0.4) is 0 Å². The van der Waals surface area contributed by atoms with Crippen LogP contribution < -0.4 is 0 Å². The molecule has 0 spiro atoms. The monoisotopic (exact) mass is 1300 g/mol. The molecule has 30 aliphatic heterocycles. The number of aliphatic hydroxyl groups excluding tert-OH is 24. The highest BCUT2D eigenvalue weighted by atomic mass is 16.8. The van der Waals surface area contributed by atoms with Crippen molar-refractivity contribution in [3.8, 4) is 0 Å². The van der Waals surface area contributed by atoms with Crippen LogP contribution in [0, 0.1) is 0 Å². The fourth-order valence-electron chi connectivity index (χ4n) is 11.9. The average molecular weight is 1300 g/mol. The van der Waals surface area contributed by atoms with Gasteiger partial charge >= 0.3 is 0 Å². The van der Waals surface area contributed by atoms with Crippen molar-refractivity contribution in [3.05, 3.63) is 0 Å². The first-order valence-electron chi connectivity index (χ1n) is 28.1. The third-order valence-corrected chi connectivity index (χ3v) is 16.9. The first-order valence-corrected chi connectivity index (χ1v) is 28.1. The topological polar surface area (TPSA) is 633 Å². The van der Waals surface area contributed by atoms with Gasteiger partial charge in [0.2, 0.25) is 0 Å². The fraction of sp³-hybridized carbons (Fsp3) is 1.00. The molecule has 40 heteroatoms. The molecule has 30 aliphatic rings. The summed E-state index contributed by atoms with van der Waals surface area (Å²) in [5.74, 6) is 0. The molecule has 512 valence electrons. The Kier molecular flexibility index (Phi) is 24.1. The summed E-state index contributed by atoms with van der Waals surface area (Å²) in [5, 5.41) is 265. The van der Waals surface area contributed by atoms with Gasteiger partial charge in [0.15, 0.2) is 50.3 Å². The second-order valence-corrected chi connectivity index (χ2v) is 22.5. The van der Waals surface area contributed by atoms with Gasteiger partial charge in [-0.2, -0.15) is 0 Å². The molecule has 0 aromatic carbocycles. The molecule has 17 unspecified atom stereocenters. The third kappa shape index (κ3) is 13.8. The van der Waals surface area contributed by atoms with Crippen molar-refractivity contribution in [2.24, 2.45) is 0 Å². The van der Waals surface area contributed by atoms with Crippen LogP contribution >= 0.6 is 0 Å². The highest BCUT2D eigenvalue weighted by Gasteiger charge is 2.60. The minimum atomic E-state index is -2.25. The van der Waals surface area contributed by atoms with Crippen molar-refractivity contribution in [3.63, 3.8) is 0 Å². The summed E-state index contributed by atoms with van der Waals surface area (Å²) in [6, 6.07) is 0. The van der Waals surface area contributed by atoms with E-state index in [4.69, 9.17) is 75.8 Å². The Labute approximate surface area is 496 Å². The molecule has 0 aromatic rings. The second-order valence-electron chi connectivity index (χ2n) is 22.5. The Morgan fingerprint density at radius 3 is 0.307 bits per heavy atom. The van der Waals surface area contributed by atoms with Crippen LogP contribution in [-0.4, -0.2) is 421 Å². The number of rotatable bonds is 8. The summed E-state index contributed by atoms with van der Waals surface area (Å²) >= 11 is 0. The first kappa shape index (κ1) is 70.7. The Morgan fingerprint density at radius 1 is 0.136 bits per heavy atom. The second kappa shape index (κ2) is 30.0. The third-order valence-electron chi connectivity index (χ3n) is 16.9. The van der Waals surface area contributed by atoms with Crippen molar-refractivity contribution in [2.45, 2.75) is 246 Å². The van der Waals surface area contributed by atoms with Gasteiger partial charge in [-0.3, -0.25) is 0 Å². The molecule has 40 nitrogen and oxygen atoms in total. The molecule has 0 aliphatic carbocycles. The van der Waals surface area contributed by atoms with Gasteiger partial charge in [-0.05, 0) is 0 Å². The van der Waals surface area contributed by atoms with E-state index in [2.05, 4.69) is 0 Å². The van der Waals surface area contributed by atoms with Gasteiger partial charge in [0.05, 0.1) is 52.9 Å². The maximum absolute atomic E-state index is 11.4. The van der Waals surface area contributed by atoms with Gasteiger partial charge in [0, 0.05) is 0 Å². The predicted molar refractivity (Wildman–Crippen MR) is 261 cm³/mol. The van der Waals surface area contributed by atoms with E-state index in [1.807, 2.05) is 0 Å². The van der Waals surface area contributed by atoms with Crippen LogP contribution in [0.1, 0.15) is 0 Å². The molecule has 88 heavy (non-hydrogen) atoms. The quantitative estimate of drug-likeness (QED) is 0.107. The van der Waals surface area contributed by atoms with E-state index in [-0.39, 0.29) is 0 Å². The predicted octanol–water partition coefficient (Wildman–Crippen LogP) is -17.4. The summed E-state index contributed by atoms with van der Waals surface area (Å²) in [6.45, 7) is -8.64. The standard InChI is InChI=1S/C48H80O40/c49-1-9-33-17(57)25(65)41(73-9)82-34-10(2-50)75-43(27(67)19(34)59)84-36-12(4-52)77-45(29(69)21(36)61)86-38-14(6-54)79-47(31(71)23(38)63)88-40-16(8-56)80-48(32(72)24(40)64)87-39-15(7-55)78-46(30(70)22(39)62)85-37-13(5-53)76-44(28(68)20(37)60)83-35-11(3-51)74-42(81-33)26(66)18(35)58/h9-72H,1-8H2/t9?,10?,11?,12?,13?,14?,15?,16?,17-,18-,19-,20-,21-,22?,23?,24?,25?,26?,27?,28+,29+,30+,31+,32+,33-,34-,35-,36-,37?,38-,39-,40-,41-,42-,43+,44?,45?,46-,47+,48-/m1/s1. The molecule has 30 fully saturated rings. The van der Waals surface area contributed by atoms with Crippen LogP contribution in [0.5, 0.6) is 0 Å². The largest absolute Gasteiger partial charge is 0.394 e. The van der Waals surface area contributed by atoms with Gasteiger partial charge < -0.3 is 198 Å². The highest BCUT2D eigenvalue weighted by Crippen LogP contribution is 2.40. The molecule has 16 bridgehead atoms. The van der Waals surface area contributed by atoms with E-state index in [9.17, 15) is 123 Å². The Bertz CT molecular complexity index is 1700. The van der Waals surface area contributed by atoms with Crippen LogP contribution in [-0.2, 0) is 75.8 Å². The van der Waals surface area contributed by atoms with Crippen molar-refractivity contribution in [1.29, 1.82) is 0 Å². The zero-order chi connectivity index (χ0) is 64.1. The normalized spacial score (nSPS) is 55.4. The molecule has 30 heterocycles. The van der Waals surface area contributed by atoms with Crippen molar-refractivity contribution in [1.82, 2.24) is 0 Å². The van der Waals surface area contributed by atoms with Crippen molar-refractivity contribution in [2.75, 3.05) is 52.9 Å². The van der Waals surface area contributed by atoms with Crippen molar-refractivity contribution < 1.29 is 198 Å². The fourth-order valence-corrected chi connectivity index (χ4v) is 11.9. The molecule has 0 amide bonds. The molecule has 0 radical (unpaired) electrons. The summed E-state index contributed by atoms with van der Waals surface area (Å²) in [6.07, 6.45) is -82.0. The lowest BCUT2D eigenvalue weighted by atomic mass is 9.94. The molecular weight excluding hydrogens is 1220 g/mol. The number of ether oxygens (including phenoxy) is 16. The Morgan fingerprint density at radius 2 is 0.227 bits per heavy atom. The maximum Gasteiger partial charge on any atom is 0.187 e. The van der Waals surface area contributed by atoms with Crippen LogP contribution in [0.25, 0.3) is 0 Å². The number of hydrogen-bond donors (Lipinski definition) is 24. The molecule has 30 rings (SSSR count). The molecular formula is C48H80O40. The van der Waals surface area contributed by atoms with Crippen LogP contribution in [0.2, 0.25) is 0 Å². The van der Waals surface area contributed by atoms with E-state index in [0.717, 1.165) is 0 Å². The minimum absolute atomic E-state index is 1.08. The summed E-state index contributed by atoms with van der Waals surface area (Å²) in [5.41, 5.74) is 0. The van der Waals surface area contributed by atoms with Crippen LogP contribution in [0.4, 0.5) is 0 Å². The first-order chi connectivity index (χ1) is 41.9. The number of hydrogen-bond acceptors (Lipinski definition) is 40. The zero-order valence-corrected chi connectivity index (χ0v) is 46.0. The van der Waals surface area contributed by atoms with Gasteiger partial charge in [0.25, 0.3) is 0 Å². The molecule has 24 N–H and O–H groups in total. The van der Waals surface area contributed by atoms with E-state index in [1.165, 1.54) is 0 Å². The Hall–Kier alpha value is -1.60. The SMILES string of the molecule is OCC1OC2O[C@@H]3C(CO)O[C@H](O[C@@H]4C(CO)O[C@H](O[C@@H]5C(CO)O[C@@H](O[C@@H]6C(CO)OC(O[C@@H]7C(CO)O[C@@H](O[C@@H]8C(CO)O[C@H](O[C@@H]9C(CO)O[C@H](OC1[C@H](O)[C@@H]2O)[C@@H](O)C9O)[C@@H](O)C8O)[C@@H](O)C7O)[C@@H](O)[C@H]6O)C(O)[C@H]5O)C(O)[C@H]4O)C(O)[C@H]3O. The molecule has 0 aromatic heterocycles. The zero-order valence-electron chi connectivity index (χ0n) is 46.0. The number of aliphatic hydroxyl groups is 24. The summed E-state index contributed by atoms with van der Waals surface area (Å²) < 4.78 is 91.1. The van der Waals surface area contributed by atoms with E-state index < -0.39 is 299 Å². The van der Waals surface area contributed by atoms with Crippen molar-refractivity contribution >= 4 is 0 Å². The Balaban J connectivity index is 0.975. The smallest absolute Gasteiger partial charge is 0.187 e. The van der Waals surface area contributed by atoms with E-state index in [1.54, 1.807) is 0 Å². The highest BCUT2D eigenvalue weighted by molar-refractivity contribution is 5.02. The average Bonchev–Trinajstić information content (AvgIpc) is 0.985. The van der Waals surface area contributed by atoms with Crippen LogP contribution in [0.15, 0.2) is 0 Å². The summed E-state index contributed by atoms with van der Waals surface area (Å²) in [4.78, 5) is 0. The molecule has 40 atom stereocenters. The minimum Gasteiger partial charge on any atom is -0.394 e. The van der Waals surface area contributed by atoms with E-state index in [0.29, 0.717) is 0 Å². The molecule has 30 saturated heterocycles. The molecule has 0 saturated carbocycles. The van der Waals surface area contributed by atoms with E-state index >= 15 is 0 Å². The lowest BCUT2D eigenvalue weighted by Crippen LogP contribution is -2.69. The van der Waals surface area contributed by atoms with Gasteiger partial charge in [-0.1, -0.05) is 0 Å². The van der Waals surface area contributed by atoms with Gasteiger partial charge in [-0.15, -0.1) is 0 Å². The maximum atomic E-state index is 11.4. The summed E-state index contributed by atoms with van der Waals surface area (Å²) in [7, 11) is 0. The lowest BCUT2D eigenvalue weighted by Gasteiger charge is -2.50.